The quantitative estimate of drug-likeness (QED) is 0.836. The molecule has 8 heteroatoms. The molecule has 2 heterocycles. The second-order valence-corrected chi connectivity index (χ2v) is 5.55. The van der Waals surface area contributed by atoms with Gasteiger partial charge in [-0.25, -0.2) is 9.48 Å². The van der Waals surface area contributed by atoms with Gasteiger partial charge in [-0.3, -0.25) is 0 Å². The molecule has 8 nitrogen and oxygen atoms in total. The molecule has 0 saturated heterocycles. The third kappa shape index (κ3) is 3.02. The fourth-order valence-electron chi connectivity index (χ4n) is 2.85. The molecule has 3 rings (SSSR count). The molecule has 0 spiro atoms. The van der Waals surface area contributed by atoms with Gasteiger partial charge in [-0.1, -0.05) is 17.3 Å². The second-order valence-electron chi connectivity index (χ2n) is 5.55. The van der Waals surface area contributed by atoms with E-state index in [1.807, 2.05) is 24.3 Å². The number of nitrogens with two attached hydrogens (primary N) is 1. The van der Waals surface area contributed by atoms with Crippen molar-refractivity contribution in [2.45, 2.75) is 19.8 Å². The standard InChI is InChI=1S/C18H17N5O3/c1-3-25-18(24)15-11(2)26-17(20)14(10-19)16(15)12-4-6-13(7-5-12)23-9-8-21-22-23/h4-9,16H,3,20H2,1-2H3. The summed E-state index contributed by atoms with van der Waals surface area (Å²) in [5.41, 5.74) is 7.84. The molecule has 0 fully saturated rings. The minimum Gasteiger partial charge on any atom is -0.463 e. The average molecular weight is 351 g/mol. The monoisotopic (exact) mass is 351 g/mol. The highest BCUT2D eigenvalue weighted by Crippen LogP contribution is 2.39. The number of allylic oxidation sites excluding steroid dienone is 2. The largest absolute Gasteiger partial charge is 0.463 e. The summed E-state index contributed by atoms with van der Waals surface area (Å²) in [6.45, 7) is 3.56. The molecule has 1 atom stereocenters. The second kappa shape index (κ2) is 7.11. The lowest BCUT2D eigenvalue weighted by Gasteiger charge is -2.26. The molecule has 0 saturated carbocycles. The van der Waals surface area contributed by atoms with Crippen LogP contribution in [0.2, 0.25) is 0 Å². The van der Waals surface area contributed by atoms with Crippen LogP contribution in [0.4, 0.5) is 0 Å². The van der Waals surface area contributed by atoms with Gasteiger partial charge in [0, 0.05) is 0 Å². The number of rotatable bonds is 4. The summed E-state index contributed by atoms with van der Waals surface area (Å²) in [6, 6.07) is 9.32. The van der Waals surface area contributed by atoms with E-state index >= 15 is 0 Å². The first-order valence-corrected chi connectivity index (χ1v) is 7.99. The van der Waals surface area contributed by atoms with Crippen LogP contribution in [0, 0.1) is 11.3 Å². The van der Waals surface area contributed by atoms with Gasteiger partial charge in [-0.15, -0.1) is 5.10 Å². The van der Waals surface area contributed by atoms with E-state index in [1.54, 1.807) is 30.9 Å². The van der Waals surface area contributed by atoms with Crippen molar-refractivity contribution in [3.05, 3.63) is 65.0 Å². The highest BCUT2D eigenvalue weighted by molar-refractivity contribution is 5.92. The van der Waals surface area contributed by atoms with E-state index in [4.69, 9.17) is 15.2 Å². The molecular formula is C18H17N5O3. The number of aromatic nitrogens is 3. The molecule has 0 bridgehead atoms. The van der Waals surface area contributed by atoms with Gasteiger partial charge in [-0.05, 0) is 31.5 Å². The van der Waals surface area contributed by atoms with Crippen LogP contribution < -0.4 is 5.73 Å². The van der Waals surface area contributed by atoms with Crippen molar-refractivity contribution in [3.8, 4) is 11.8 Å². The summed E-state index contributed by atoms with van der Waals surface area (Å²) in [5.74, 6) is -0.873. The normalized spacial score (nSPS) is 16.9. The van der Waals surface area contributed by atoms with Gasteiger partial charge in [-0.2, -0.15) is 5.26 Å². The lowest BCUT2D eigenvalue weighted by molar-refractivity contribution is -0.139. The number of nitrogens with zero attached hydrogens (tertiary/aromatic N) is 4. The van der Waals surface area contributed by atoms with E-state index < -0.39 is 11.9 Å². The summed E-state index contributed by atoms with van der Waals surface area (Å²) in [6.07, 6.45) is 3.30. The molecule has 2 aromatic rings. The Morgan fingerprint density at radius 3 is 2.73 bits per heavy atom. The summed E-state index contributed by atoms with van der Waals surface area (Å²) in [5, 5.41) is 17.3. The average Bonchev–Trinajstić information content (AvgIpc) is 3.16. The van der Waals surface area contributed by atoms with E-state index in [2.05, 4.69) is 16.4 Å². The minimum atomic E-state index is -0.655. The highest BCUT2D eigenvalue weighted by Gasteiger charge is 2.36. The van der Waals surface area contributed by atoms with Gasteiger partial charge in [0.1, 0.15) is 17.4 Å². The van der Waals surface area contributed by atoms with E-state index in [1.165, 1.54) is 0 Å². The van der Waals surface area contributed by atoms with E-state index in [0.717, 1.165) is 11.3 Å². The molecule has 0 aliphatic carbocycles. The predicted octanol–water partition coefficient (Wildman–Crippen LogP) is 1.91. The SMILES string of the molecule is CCOC(=O)C1=C(C)OC(N)=C(C#N)C1c1ccc(-n2ccnn2)cc1. The number of hydrogen-bond donors (Lipinski definition) is 1. The Balaban J connectivity index is 2.06. The van der Waals surface area contributed by atoms with E-state index in [9.17, 15) is 10.1 Å². The Kier molecular flexibility index (Phi) is 4.71. The zero-order chi connectivity index (χ0) is 18.7. The number of carbonyl (C=O) groups is 1. The molecule has 1 unspecified atom stereocenters. The zero-order valence-electron chi connectivity index (χ0n) is 14.3. The summed E-state index contributed by atoms with van der Waals surface area (Å²) >= 11 is 0. The summed E-state index contributed by atoms with van der Waals surface area (Å²) in [4.78, 5) is 12.5. The van der Waals surface area contributed by atoms with Crippen molar-refractivity contribution in [1.29, 1.82) is 5.26 Å². The Labute approximate surface area is 150 Å². The Morgan fingerprint density at radius 2 is 2.15 bits per heavy atom. The van der Waals surface area contributed by atoms with Crippen LogP contribution in [0.1, 0.15) is 25.3 Å². The van der Waals surface area contributed by atoms with Crippen LogP contribution in [-0.2, 0) is 14.3 Å². The predicted molar refractivity (Wildman–Crippen MR) is 91.3 cm³/mol. The topological polar surface area (TPSA) is 116 Å². The highest BCUT2D eigenvalue weighted by atomic mass is 16.5. The Morgan fingerprint density at radius 1 is 1.42 bits per heavy atom. The van der Waals surface area contributed by atoms with Crippen LogP contribution in [0.5, 0.6) is 0 Å². The molecule has 132 valence electrons. The molecule has 1 aromatic heterocycles. The molecule has 0 amide bonds. The van der Waals surface area contributed by atoms with Gasteiger partial charge >= 0.3 is 5.97 Å². The van der Waals surface area contributed by atoms with Crippen LogP contribution in [-0.4, -0.2) is 27.6 Å². The van der Waals surface area contributed by atoms with Crippen LogP contribution in [0.3, 0.4) is 0 Å². The maximum absolute atomic E-state index is 12.5. The first-order chi connectivity index (χ1) is 12.6. The van der Waals surface area contributed by atoms with Crippen molar-refractivity contribution in [1.82, 2.24) is 15.0 Å². The maximum atomic E-state index is 12.5. The third-order valence-corrected chi connectivity index (χ3v) is 4.01. The number of hydrogen-bond acceptors (Lipinski definition) is 7. The fraction of sp³-hybridized carbons (Fsp3) is 0.222. The zero-order valence-corrected chi connectivity index (χ0v) is 14.3. The molecular weight excluding hydrogens is 334 g/mol. The van der Waals surface area contributed by atoms with Crippen LogP contribution in [0.15, 0.2) is 59.4 Å². The molecule has 0 radical (unpaired) electrons. The summed E-state index contributed by atoms with van der Waals surface area (Å²) in [7, 11) is 0. The van der Waals surface area contributed by atoms with E-state index in [-0.39, 0.29) is 23.6 Å². The van der Waals surface area contributed by atoms with E-state index in [0.29, 0.717) is 5.76 Å². The minimum absolute atomic E-state index is 0.0107. The molecule has 2 N–H and O–H groups in total. The molecule has 1 aromatic carbocycles. The smallest absolute Gasteiger partial charge is 0.338 e. The first kappa shape index (κ1) is 17.2. The number of nitriles is 1. The van der Waals surface area contributed by atoms with Crippen LogP contribution in [0.25, 0.3) is 5.69 Å². The maximum Gasteiger partial charge on any atom is 0.338 e. The van der Waals surface area contributed by atoms with Crippen molar-refractivity contribution in [3.63, 3.8) is 0 Å². The molecule has 1 aliphatic heterocycles. The number of ether oxygens (including phenoxy) is 2. The summed E-state index contributed by atoms with van der Waals surface area (Å²) < 4.78 is 12.1. The number of carbonyl (C=O) groups excluding carboxylic acids is 1. The molecule has 26 heavy (non-hydrogen) atoms. The number of benzene rings is 1. The first-order valence-electron chi connectivity index (χ1n) is 7.99. The molecule has 1 aliphatic rings. The van der Waals surface area contributed by atoms with Gasteiger partial charge in [0.2, 0.25) is 5.88 Å². The lowest BCUT2D eigenvalue weighted by atomic mass is 9.83. The lowest BCUT2D eigenvalue weighted by Crippen LogP contribution is -2.25. The van der Waals surface area contributed by atoms with Gasteiger partial charge < -0.3 is 15.2 Å². The van der Waals surface area contributed by atoms with Crippen molar-refractivity contribution < 1.29 is 14.3 Å². The third-order valence-electron chi connectivity index (χ3n) is 4.01. The van der Waals surface area contributed by atoms with Crippen molar-refractivity contribution in [2.24, 2.45) is 5.73 Å². The fourth-order valence-corrected chi connectivity index (χ4v) is 2.85. The number of esters is 1. The van der Waals surface area contributed by atoms with Crippen molar-refractivity contribution in [2.75, 3.05) is 6.61 Å². The van der Waals surface area contributed by atoms with Gasteiger partial charge in [0.05, 0.1) is 36.2 Å². The van der Waals surface area contributed by atoms with Gasteiger partial charge in [0.15, 0.2) is 0 Å². The Bertz CT molecular complexity index is 921. The van der Waals surface area contributed by atoms with Crippen LogP contribution >= 0.6 is 0 Å². The van der Waals surface area contributed by atoms with Crippen molar-refractivity contribution >= 4 is 5.97 Å². The van der Waals surface area contributed by atoms with Gasteiger partial charge in [0.25, 0.3) is 0 Å². The Hall–Kier alpha value is -3.60.